The Morgan fingerprint density at radius 2 is 2.12 bits per heavy atom. The molecule has 33 heavy (non-hydrogen) atoms. The van der Waals surface area contributed by atoms with E-state index in [0.29, 0.717) is 36.6 Å². The molecule has 11 heteroatoms. The summed E-state index contributed by atoms with van der Waals surface area (Å²) in [6.07, 6.45) is 4.83. The van der Waals surface area contributed by atoms with E-state index in [4.69, 9.17) is 0 Å². The molecule has 0 unspecified atom stereocenters. The van der Waals surface area contributed by atoms with Crippen LogP contribution >= 0.6 is 0 Å². The molecule has 2 aliphatic carbocycles. The average molecular weight is 455 g/mol. The molecule has 4 N–H and O–H groups in total. The molecule has 2 aliphatic rings. The van der Waals surface area contributed by atoms with E-state index in [1.165, 1.54) is 10.7 Å². The normalized spacial score (nSPS) is 24.5. The topological polar surface area (TPSA) is 126 Å². The van der Waals surface area contributed by atoms with Crippen molar-refractivity contribution in [1.29, 1.82) is 0 Å². The number of nitrogens with zero attached hydrogens (tertiary/aromatic N) is 4. The van der Waals surface area contributed by atoms with E-state index >= 15 is 0 Å². The number of nitrogens with one attached hydrogen (secondary N) is 3. The molecule has 0 saturated heterocycles. The summed E-state index contributed by atoms with van der Waals surface area (Å²) in [5.41, 5.74) is 0.533. The first kappa shape index (κ1) is 21.4. The van der Waals surface area contributed by atoms with Crippen molar-refractivity contribution in [2.45, 2.75) is 56.5 Å². The maximum atomic E-state index is 13.6. The van der Waals surface area contributed by atoms with Gasteiger partial charge in [-0.1, -0.05) is 0 Å². The number of amides is 1. The summed E-state index contributed by atoms with van der Waals surface area (Å²) in [5, 5.41) is 23.2. The van der Waals surface area contributed by atoms with Crippen molar-refractivity contribution in [3.8, 4) is 0 Å². The Kier molecular flexibility index (Phi) is 5.49. The number of aromatic nitrogens is 4. The number of anilines is 3. The van der Waals surface area contributed by atoms with Gasteiger partial charge in [0.25, 0.3) is 11.5 Å². The summed E-state index contributed by atoms with van der Waals surface area (Å²) >= 11 is 0. The molecular weight excluding hydrogens is 429 g/mol. The van der Waals surface area contributed by atoms with Gasteiger partial charge in [-0.05, 0) is 44.2 Å². The zero-order valence-electron chi connectivity index (χ0n) is 18.2. The fourth-order valence-corrected chi connectivity index (χ4v) is 4.48. The molecule has 4 atom stereocenters. The van der Waals surface area contributed by atoms with Gasteiger partial charge in [0.2, 0.25) is 0 Å². The van der Waals surface area contributed by atoms with Gasteiger partial charge in [0.05, 0.1) is 24.4 Å². The number of hydrogen-bond acceptors (Lipinski definition) is 7. The molecule has 174 valence electrons. The summed E-state index contributed by atoms with van der Waals surface area (Å²) in [6.45, 7) is 0. The minimum atomic E-state index is -1.03. The van der Waals surface area contributed by atoms with Crippen LogP contribution in [0.1, 0.15) is 48.5 Å². The first-order valence-corrected chi connectivity index (χ1v) is 11.1. The van der Waals surface area contributed by atoms with E-state index < -0.39 is 24.2 Å². The van der Waals surface area contributed by atoms with Crippen molar-refractivity contribution in [3.63, 3.8) is 0 Å². The van der Waals surface area contributed by atoms with Crippen molar-refractivity contribution in [2.24, 2.45) is 0 Å². The molecule has 3 heterocycles. The van der Waals surface area contributed by atoms with Crippen molar-refractivity contribution >= 4 is 28.9 Å². The fraction of sp³-hybridized carbons (Fsp3) is 0.455. The van der Waals surface area contributed by atoms with Gasteiger partial charge in [0, 0.05) is 19.3 Å². The van der Waals surface area contributed by atoms with Gasteiger partial charge in [0.1, 0.15) is 29.1 Å². The molecule has 0 bridgehead atoms. The number of fused-ring (bicyclic) bond motifs is 1. The molecular formula is C22H26FN7O3. The lowest BCUT2D eigenvalue weighted by atomic mass is 9.90. The molecule has 3 aromatic heterocycles. The van der Waals surface area contributed by atoms with E-state index in [2.05, 4.69) is 26.0 Å². The zero-order chi connectivity index (χ0) is 23.1. The minimum Gasteiger partial charge on any atom is -0.391 e. The van der Waals surface area contributed by atoms with Crippen LogP contribution in [0.15, 0.2) is 35.4 Å². The van der Waals surface area contributed by atoms with E-state index in [0.717, 1.165) is 12.8 Å². The van der Waals surface area contributed by atoms with Crippen LogP contribution in [0.4, 0.5) is 21.7 Å². The smallest absolute Gasteiger partial charge is 0.274 e. The van der Waals surface area contributed by atoms with Gasteiger partial charge in [-0.25, -0.2) is 9.37 Å². The second-order valence-electron chi connectivity index (χ2n) is 8.57. The van der Waals surface area contributed by atoms with Crippen molar-refractivity contribution in [3.05, 3.63) is 46.5 Å². The number of rotatable bonds is 6. The van der Waals surface area contributed by atoms with Gasteiger partial charge >= 0.3 is 0 Å². The molecule has 1 amide bonds. The third kappa shape index (κ3) is 3.82. The molecule has 3 aromatic rings. The van der Waals surface area contributed by atoms with E-state index in [9.17, 15) is 19.1 Å². The van der Waals surface area contributed by atoms with Crippen LogP contribution in [0, 0.1) is 0 Å². The molecule has 2 saturated carbocycles. The van der Waals surface area contributed by atoms with Crippen molar-refractivity contribution in [2.75, 3.05) is 17.7 Å². The summed E-state index contributed by atoms with van der Waals surface area (Å²) in [4.78, 5) is 30.3. The third-order valence-electron chi connectivity index (χ3n) is 6.52. The molecule has 0 aliphatic heterocycles. The Morgan fingerprint density at radius 3 is 2.79 bits per heavy atom. The number of pyridine rings is 1. The number of aliphatic hydroxyl groups excluding tert-OH is 1. The largest absolute Gasteiger partial charge is 0.391 e. The fourth-order valence-electron chi connectivity index (χ4n) is 4.48. The highest BCUT2D eigenvalue weighted by Gasteiger charge is 2.33. The molecule has 0 radical (unpaired) electrons. The highest BCUT2D eigenvalue weighted by atomic mass is 19.1. The van der Waals surface area contributed by atoms with E-state index in [1.54, 1.807) is 36.0 Å². The quantitative estimate of drug-likeness (QED) is 0.448. The highest BCUT2D eigenvalue weighted by Crippen LogP contribution is 2.29. The Morgan fingerprint density at radius 1 is 1.27 bits per heavy atom. The van der Waals surface area contributed by atoms with Gasteiger partial charge in [-0.3, -0.25) is 9.59 Å². The van der Waals surface area contributed by atoms with Crippen LogP contribution in [-0.2, 0) is 0 Å². The Hall–Kier alpha value is -3.47. The zero-order valence-corrected chi connectivity index (χ0v) is 18.2. The van der Waals surface area contributed by atoms with Gasteiger partial charge in [-0.2, -0.15) is 9.61 Å². The maximum absolute atomic E-state index is 13.6. The predicted octanol–water partition coefficient (Wildman–Crippen LogP) is 1.99. The van der Waals surface area contributed by atoms with Gasteiger partial charge in [-0.15, -0.1) is 0 Å². The van der Waals surface area contributed by atoms with Crippen molar-refractivity contribution in [1.82, 2.24) is 24.5 Å². The monoisotopic (exact) mass is 455 g/mol. The Bertz CT molecular complexity index is 1260. The number of halogens is 1. The molecule has 10 nitrogen and oxygen atoms in total. The summed E-state index contributed by atoms with van der Waals surface area (Å²) < 4.78 is 16.6. The van der Waals surface area contributed by atoms with E-state index in [-0.39, 0.29) is 22.8 Å². The lowest BCUT2D eigenvalue weighted by molar-refractivity contribution is 0.0826. The maximum Gasteiger partial charge on any atom is 0.274 e. The lowest BCUT2D eigenvalue weighted by Gasteiger charge is -2.30. The Labute approximate surface area is 188 Å². The SMILES string of the molecule is CNc1cc(Nc2cccn([C@@H]3CCC[C@@H]3O)c2=O)nc2c(C(=O)N[C@H]3CC[C@@H]3F)cnn12. The lowest BCUT2D eigenvalue weighted by Crippen LogP contribution is -2.48. The van der Waals surface area contributed by atoms with Crippen LogP contribution in [0.25, 0.3) is 5.65 Å². The summed E-state index contributed by atoms with van der Waals surface area (Å²) in [6, 6.07) is 4.32. The number of carbonyl (C=O) groups excluding carboxylic acids is 1. The van der Waals surface area contributed by atoms with Crippen LogP contribution < -0.4 is 21.5 Å². The highest BCUT2D eigenvalue weighted by molar-refractivity contribution is 6.00. The third-order valence-corrected chi connectivity index (χ3v) is 6.52. The first-order valence-electron chi connectivity index (χ1n) is 11.1. The van der Waals surface area contributed by atoms with Crippen LogP contribution in [0.5, 0.6) is 0 Å². The minimum absolute atomic E-state index is 0.216. The second kappa shape index (κ2) is 8.47. The number of carbonyl (C=O) groups is 1. The van der Waals surface area contributed by atoms with Gasteiger partial charge < -0.3 is 25.6 Å². The van der Waals surface area contributed by atoms with Gasteiger partial charge in [0.15, 0.2) is 5.65 Å². The van der Waals surface area contributed by atoms with E-state index in [1.807, 2.05) is 0 Å². The molecule has 5 rings (SSSR count). The van der Waals surface area contributed by atoms with Crippen molar-refractivity contribution < 1.29 is 14.3 Å². The number of hydrogen-bond donors (Lipinski definition) is 4. The summed E-state index contributed by atoms with van der Waals surface area (Å²) in [7, 11) is 1.71. The molecule has 0 spiro atoms. The molecule has 0 aromatic carbocycles. The number of alkyl halides is 1. The molecule has 2 fully saturated rings. The summed E-state index contributed by atoms with van der Waals surface area (Å²) in [5.74, 6) is 0.451. The predicted molar refractivity (Wildman–Crippen MR) is 121 cm³/mol. The van der Waals surface area contributed by atoms with Crippen LogP contribution in [0.3, 0.4) is 0 Å². The Balaban J connectivity index is 1.48. The van der Waals surface area contributed by atoms with Crippen LogP contribution in [0.2, 0.25) is 0 Å². The second-order valence-corrected chi connectivity index (χ2v) is 8.57. The first-order chi connectivity index (χ1) is 16.0. The van der Waals surface area contributed by atoms with Crippen LogP contribution in [-0.4, -0.2) is 55.5 Å². The average Bonchev–Trinajstić information content (AvgIpc) is 3.43. The number of aliphatic hydroxyl groups is 1. The standard InChI is InChI=1S/C22H26FN7O3/c1-24-19-10-18(26-15-4-3-9-29(22(15)33)16-5-2-6-17(16)31)28-20-12(11-25-30(19)20)21(32)27-14-8-7-13(14)23/h3-4,9-11,13-14,16-17,24,31H,2,5-8H2,1H3,(H,26,28)(H,27,32)/t13-,14-,16+,17-/m0/s1.